The maximum absolute atomic E-state index is 12.7. The lowest BCUT2D eigenvalue weighted by atomic mass is 9.78. The van der Waals surface area contributed by atoms with Crippen LogP contribution < -0.4 is 5.73 Å². The molecule has 0 aliphatic carbocycles. The zero-order chi connectivity index (χ0) is 13.6. The molecule has 1 heterocycles. The maximum Gasteiger partial charge on any atom is 0.230 e. The molecule has 0 unspecified atom stereocenters. The topological polar surface area (TPSA) is 79.4 Å². The molecule has 0 aromatic rings. The molecule has 0 saturated carbocycles. The van der Waals surface area contributed by atoms with Gasteiger partial charge in [-0.25, -0.2) is 0 Å². The van der Waals surface area contributed by atoms with Crippen LogP contribution in [0.1, 0.15) is 33.1 Å². The van der Waals surface area contributed by atoms with Crippen LogP contribution in [0.3, 0.4) is 0 Å². The largest absolute Gasteiger partial charge is 0.381 e. The van der Waals surface area contributed by atoms with Gasteiger partial charge in [-0.1, -0.05) is 0 Å². The minimum Gasteiger partial charge on any atom is -0.381 e. The highest BCUT2D eigenvalue weighted by molar-refractivity contribution is 5.83. The Bertz CT molecular complexity index is 317. The molecule has 102 valence electrons. The van der Waals surface area contributed by atoms with Crippen molar-refractivity contribution < 1.29 is 9.53 Å². The first-order chi connectivity index (χ1) is 8.57. The molecule has 1 rings (SSSR count). The van der Waals surface area contributed by atoms with Crippen LogP contribution in [0.15, 0.2) is 0 Å². The van der Waals surface area contributed by atoms with Gasteiger partial charge >= 0.3 is 0 Å². The second-order valence-corrected chi connectivity index (χ2v) is 5.10. The van der Waals surface area contributed by atoms with Gasteiger partial charge in [-0.3, -0.25) is 4.79 Å². The van der Waals surface area contributed by atoms with Crippen LogP contribution in [-0.2, 0) is 9.53 Å². The predicted molar refractivity (Wildman–Crippen MR) is 68.6 cm³/mol. The lowest BCUT2D eigenvalue weighted by molar-refractivity contribution is -0.149. The van der Waals surface area contributed by atoms with Crippen molar-refractivity contribution >= 4 is 5.91 Å². The second kappa shape index (κ2) is 6.72. The van der Waals surface area contributed by atoms with Crippen molar-refractivity contribution in [2.75, 3.05) is 26.3 Å². The minimum absolute atomic E-state index is 0.0820. The molecular weight excluding hydrogens is 230 g/mol. The number of nitrogens with zero attached hydrogens (tertiary/aromatic N) is 2. The predicted octanol–water partition coefficient (Wildman–Crippen LogP) is 0.893. The van der Waals surface area contributed by atoms with Gasteiger partial charge in [0.1, 0.15) is 0 Å². The number of ether oxygens (including phenoxy) is 1. The molecule has 2 N–H and O–H groups in total. The summed E-state index contributed by atoms with van der Waals surface area (Å²) in [5.74, 6) is 0.0820. The van der Waals surface area contributed by atoms with Crippen molar-refractivity contribution in [2.24, 2.45) is 11.1 Å². The Labute approximate surface area is 109 Å². The van der Waals surface area contributed by atoms with E-state index in [-0.39, 0.29) is 11.9 Å². The van der Waals surface area contributed by atoms with Crippen LogP contribution in [0.5, 0.6) is 0 Å². The third-order valence-corrected chi connectivity index (χ3v) is 3.64. The van der Waals surface area contributed by atoms with E-state index in [2.05, 4.69) is 6.07 Å². The van der Waals surface area contributed by atoms with E-state index >= 15 is 0 Å². The number of hydrogen-bond acceptors (Lipinski definition) is 4. The normalized spacial score (nSPS) is 18.4. The van der Waals surface area contributed by atoms with Gasteiger partial charge in [0.2, 0.25) is 5.91 Å². The molecule has 0 aromatic heterocycles. The molecule has 1 aliphatic rings. The lowest BCUT2D eigenvalue weighted by Crippen LogP contribution is -2.53. The van der Waals surface area contributed by atoms with Gasteiger partial charge in [-0.05, 0) is 26.7 Å². The van der Waals surface area contributed by atoms with Gasteiger partial charge in [0.05, 0.1) is 17.9 Å². The number of hydrogen-bond donors (Lipinski definition) is 1. The smallest absolute Gasteiger partial charge is 0.230 e. The third-order valence-electron chi connectivity index (χ3n) is 3.64. The van der Waals surface area contributed by atoms with Crippen molar-refractivity contribution in [3.63, 3.8) is 0 Å². The molecule has 0 radical (unpaired) electrons. The summed E-state index contributed by atoms with van der Waals surface area (Å²) in [6.07, 6.45) is 1.72. The Hall–Kier alpha value is -1.12. The van der Waals surface area contributed by atoms with Crippen LogP contribution >= 0.6 is 0 Å². The zero-order valence-electron chi connectivity index (χ0n) is 11.3. The fourth-order valence-electron chi connectivity index (χ4n) is 2.34. The molecule has 1 amide bonds. The monoisotopic (exact) mass is 253 g/mol. The molecular formula is C13H23N3O2. The highest BCUT2D eigenvalue weighted by atomic mass is 16.5. The number of nitriles is 1. The van der Waals surface area contributed by atoms with Gasteiger partial charge in [0.15, 0.2) is 0 Å². The Balaban J connectivity index is 2.82. The first kappa shape index (κ1) is 14.9. The number of carbonyl (C=O) groups is 1. The zero-order valence-corrected chi connectivity index (χ0v) is 11.3. The van der Waals surface area contributed by atoms with E-state index in [0.717, 1.165) is 0 Å². The summed E-state index contributed by atoms with van der Waals surface area (Å²) in [5, 5.41) is 8.68. The molecule has 0 spiro atoms. The van der Waals surface area contributed by atoms with E-state index in [1.807, 2.05) is 13.8 Å². The molecule has 1 fully saturated rings. The SMILES string of the molecule is CC(C)N(CCC#N)C(=O)C1(CN)CCOCC1. The summed E-state index contributed by atoms with van der Waals surface area (Å²) in [5.41, 5.74) is 5.35. The molecule has 5 nitrogen and oxygen atoms in total. The number of rotatable bonds is 5. The van der Waals surface area contributed by atoms with E-state index in [0.29, 0.717) is 45.6 Å². The maximum atomic E-state index is 12.7. The van der Waals surface area contributed by atoms with E-state index in [1.165, 1.54) is 0 Å². The number of amides is 1. The standard InChI is InChI=1S/C13H23N3O2/c1-11(2)16(7-3-6-14)12(17)13(10-15)4-8-18-9-5-13/h11H,3-5,7-10,15H2,1-2H3. The molecule has 18 heavy (non-hydrogen) atoms. The summed E-state index contributed by atoms with van der Waals surface area (Å²) in [6.45, 7) is 5.96. The summed E-state index contributed by atoms with van der Waals surface area (Å²) in [7, 11) is 0. The quantitative estimate of drug-likeness (QED) is 0.789. The Morgan fingerprint density at radius 3 is 2.56 bits per heavy atom. The molecule has 0 atom stereocenters. The Morgan fingerprint density at radius 2 is 2.11 bits per heavy atom. The van der Waals surface area contributed by atoms with E-state index in [9.17, 15) is 4.79 Å². The summed E-state index contributed by atoms with van der Waals surface area (Å²) in [4.78, 5) is 14.5. The number of nitrogens with two attached hydrogens (primary N) is 1. The van der Waals surface area contributed by atoms with Crippen LogP contribution in [-0.4, -0.2) is 43.2 Å². The van der Waals surface area contributed by atoms with Crippen molar-refractivity contribution in [3.05, 3.63) is 0 Å². The van der Waals surface area contributed by atoms with E-state index in [1.54, 1.807) is 4.90 Å². The first-order valence-electron chi connectivity index (χ1n) is 6.53. The summed E-state index contributed by atoms with van der Waals surface area (Å²) >= 11 is 0. The van der Waals surface area contributed by atoms with Crippen LogP contribution in [0, 0.1) is 16.7 Å². The molecule has 0 bridgehead atoms. The molecule has 5 heteroatoms. The fraction of sp³-hybridized carbons (Fsp3) is 0.846. The van der Waals surface area contributed by atoms with E-state index < -0.39 is 5.41 Å². The average molecular weight is 253 g/mol. The first-order valence-corrected chi connectivity index (χ1v) is 6.53. The van der Waals surface area contributed by atoms with Crippen molar-refractivity contribution in [2.45, 2.75) is 39.2 Å². The van der Waals surface area contributed by atoms with E-state index in [4.69, 9.17) is 15.7 Å². The van der Waals surface area contributed by atoms with Gasteiger partial charge in [-0.2, -0.15) is 5.26 Å². The van der Waals surface area contributed by atoms with Gasteiger partial charge in [0.25, 0.3) is 0 Å². The van der Waals surface area contributed by atoms with Gasteiger partial charge < -0.3 is 15.4 Å². The molecule has 1 saturated heterocycles. The van der Waals surface area contributed by atoms with Crippen LogP contribution in [0.4, 0.5) is 0 Å². The van der Waals surface area contributed by atoms with Gasteiger partial charge in [-0.15, -0.1) is 0 Å². The highest BCUT2D eigenvalue weighted by Gasteiger charge is 2.41. The summed E-state index contributed by atoms with van der Waals surface area (Å²) < 4.78 is 5.32. The Morgan fingerprint density at radius 1 is 1.50 bits per heavy atom. The van der Waals surface area contributed by atoms with Crippen molar-refractivity contribution in [3.8, 4) is 6.07 Å². The van der Waals surface area contributed by atoms with Crippen molar-refractivity contribution in [1.29, 1.82) is 5.26 Å². The van der Waals surface area contributed by atoms with Crippen LogP contribution in [0.2, 0.25) is 0 Å². The molecule has 1 aliphatic heterocycles. The highest BCUT2D eigenvalue weighted by Crippen LogP contribution is 2.32. The Kier molecular flexibility index (Phi) is 5.57. The fourth-order valence-corrected chi connectivity index (χ4v) is 2.34. The molecule has 0 aromatic carbocycles. The van der Waals surface area contributed by atoms with Crippen LogP contribution in [0.25, 0.3) is 0 Å². The average Bonchev–Trinajstić information content (AvgIpc) is 2.39. The van der Waals surface area contributed by atoms with Gasteiger partial charge in [0, 0.05) is 32.3 Å². The number of carbonyl (C=O) groups excluding carboxylic acids is 1. The minimum atomic E-state index is -0.488. The van der Waals surface area contributed by atoms with Crippen molar-refractivity contribution in [1.82, 2.24) is 4.90 Å². The third kappa shape index (κ3) is 3.21. The second-order valence-electron chi connectivity index (χ2n) is 5.10. The lowest BCUT2D eigenvalue weighted by Gasteiger charge is -2.40. The summed E-state index contributed by atoms with van der Waals surface area (Å²) in [6, 6.07) is 2.19.